The molecule has 4 nitrogen and oxygen atoms in total. The second kappa shape index (κ2) is 4.41. The number of carboxylic acid groups (broad SMARTS) is 1. The van der Waals surface area contributed by atoms with Crippen molar-refractivity contribution in [2.24, 2.45) is 0 Å². The van der Waals surface area contributed by atoms with Crippen LogP contribution in [0.5, 0.6) is 0 Å². The summed E-state index contributed by atoms with van der Waals surface area (Å²) in [6, 6.07) is 6.58. The number of anilines is 1. The summed E-state index contributed by atoms with van der Waals surface area (Å²) in [5.41, 5.74) is 1.16. The summed E-state index contributed by atoms with van der Waals surface area (Å²) in [5.74, 6) is -0.909. The van der Waals surface area contributed by atoms with Gasteiger partial charge in [0.1, 0.15) is 5.69 Å². The fraction of sp³-hybridized carbons (Fsp3) is 0.200. The van der Waals surface area contributed by atoms with E-state index in [9.17, 15) is 4.79 Å². The molecule has 1 aromatic carbocycles. The summed E-state index contributed by atoms with van der Waals surface area (Å²) in [7, 11) is 3.80. The molecule has 1 aromatic rings. The molecule has 0 radical (unpaired) electrons. The molecule has 0 saturated carbocycles. The van der Waals surface area contributed by atoms with E-state index in [0.717, 1.165) is 5.69 Å². The van der Waals surface area contributed by atoms with Gasteiger partial charge in [-0.3, -0.25) is 4.58 Å². The first-order valence-electron chi connectivity index (χ1n) is 4.19. The van der Waals surface area contributed by atoms with Crippen LogP contribution in [-0.4, -0.2) is 36.1 Å². The smallest absolute Gasteiger partial charge is 0.335 e. The molecule has 1 rings (SSSR count). The van der Waals surface area contributed by atoms with Crippen molar-refractivity contribution < 1.29 is 14.5 Å². The summed E-state index contributed by atoms with van der Waals surface area (Å²) >= 11 is 0. The summed E-state index contributed by atoms with van der Waals surface area (Å²) in [6.07, 6.45) is 1.79. The molecule has 0 heterocycles. The van der Waals surface area contributed by atoms with Gasteiger partial charge in [0.05, 0.1) is 19.7 Å². The zero-order chi connectivity index (χ0) is 10.6. The molecule has 0 bridgehead atoms. The largest absolute Gasteiger partial charge is 0.478 e. The Labute approximate surface area is 82.5 Å². The molecule has 4 heteroatoms. The van der Waals surface area contributed by atoms with Crippen molar-refractivity contribution in [3.8, 4) is 0 Å². The van der Waals surface area contributed by atoms with Crippen LogP contribution in [0.3, 0.4) is 0 Å². The minimum atomic E-state index is -0.909. The molecule has 0 saturated heterocycles. The molecular formula is C10H13N2O2+. The van der Waals surface area contributed by atoms with Crippen LogP contribution in [0.15, 0.2) is 24.3 Å². The Kier molecular flexibility index (Phi) is 3.23. The van der Waals surface area contributed by atoms with E-state index in [4.69, 9.17) is 5.11 Å². The summed E-state index contributed by atoms with van der Waals surface area (Å²) in [5, 5.41) is 11.7. The third-order valence-corrected chi connectivity index (χ3v) is 1.62. The summed E-state index contributed by atoms with van der Waals surface area (Å²) in [6.45, 7) is 0. The standard InChI is InChI=1S/C10H12N2O2/c1-12(2)7-11-9-5-3-8(4-6-9)10(13)14/h3-7H,1-2H3,(H,13,14)/p+1. The lowest BCUT2D eigenvalue weighted by molar-refractivity contribution is -0.459. The fourth-order valence-corrected chi connectivity index (χ4v) is 0.913. The quantitative estimate of drug-likeness (QED) is 0.429. The van der Waals surface area contributed by atoms with Gasteiger partial charge in [-0.25, -0.2) is 10.1 Å². The first kappa shape index (κ1) is 10.2. The fourth-order valence-electron chi connectivity index (χ4n) is 0.913. The number of hydrogen-bond donors (Lipinski definition) is 2. The minimum absolute atomic E-state index is 0.292. The Morgan fingerprint density at radius 3 is 2.36 bits per heavy atom. The van der Waals surface area contributed by atoms with E-state index < -0.39 is 5.97 Å². The number of carbonyl (C=O) groups is 1. The minimum Gasteiger partial charge on any atom is -0.478 e. The second-order valence-electron chi connectivity index (χ2n) is 3.12. The maximum atomic E-state index is 10.5. The highest BCUT2D eigenvalue weighted by Gasteiger charge is 2.02. The van der Waals surface area contributed by atoms with E-state index in [1.54, 1.807) is 30.6 Å². The molecule has 74 valence electrons. The lowest BCUT2D eigenvalue weighted by Crippen LogP contribution is -2.07. The van der Waals surface area contributed by atoms with Crippen LogP contribution in [0.2, 0.25) is 0 Å². The molecule has 0 amide bonds. The lowest BCUT2D eigenvalue weighted by atomic mass is 10.2. The van der Waals surface area contributed by atoms with Crippen molar-refractivity contribution in [3.05, 3.63) is 29.8 Å². The highest BCUT2D eigenvalue weighted by molar-refractivity contribution is 5.88. The van der Waals surface area contributed by atoms with E-state index in [2.05, 4.69) is 5.32 Å². The van der Waals surface area contributed by atoms with Gasteiger partial charge in [0, 0.05) is 0 Å². The van der Waals surface area contributed by atoms with Crippen LogP contribution in [0.25, 0.3) is 0 Å². The molecule has 0 fully saturated rings. The van der Waals surface area contributed by atoms with Crippen LogP contribution in [0.4, 0.5) is 5.69 Å². The van der Waals surface area contributed by atoms with Gasteiger partial charge in [0.15, 0.2) is 0 Å². The lowest BCUT2D eigenvalue weighted by Gasteiger charge is -1.96. The van der Waals surface area contributed by atoms with E-state index in [-0.39, 0.29) is 0 Å². The average Bonchev–Trinajstić information content (AvgIpc) is 2.15. The first-order chi connectivity index (χ1) is 6.59. The van der Waals surface area contributed by atoms with Crippen molar-refractivity contribution in [2.45, 2.75) is 0 Å². The number of nitrogens with one attached hydrogen (secondary N) is 1. The van der Waals surface area contributed by atoms with Gasteiger partial charge in [-0.05, 0) is 24.3 Å². The van der Waals surface area contributed by atoms with Gasteiger partial charge in [0.2, 0.25) is 6.34 Å². The number of aromatic carboxylic acids is 1. The summed E-state index contributed by atoms with van der Waals surface area (Å²) < 4.78 is 1.87. The maximum Gasteiger partial charge on any atom is 0.335 e. The number of carboxylic acids is 1. The second-order valence-corrected chi connectivity index (χ2v) is 3.12. The Bertz CT molecular complexity index is 351. The van der Waals surface area contributed by atoms with Crippen LogP contribution in [0, 0.1) is 0 Å². The summed E-state index contributed by atoms with van der Waals surface area (Å²) in [4.78, 5) is 10.5. The van der Waals surface area contributed by atoms with E-state index >= 15 is 0 Å². The van der Waals surface area contributed by atoms with Crippen molar-refractivity contribution in [3.63, 3.8) is 0 Å². The molecule has 0 aliphatic carbocycles. The molecule has 14 heavy (non-hydrogen) atoms. The maximum absolute atomic E-state index is 10.5. The SMILES string of the molecule is C[N+](C)=CNc1ccc(C(=O)O)cc1. The first-order valence-corrected chi connectivity index (χ1v) is 4.19. The van der Waals surface area contributed by atoms with Crippen LogP contribution in [0.1, 0.15) is 10.4 Å². The molecule has 0 unspecified atom stereocenters. The highest BCUT2D eigenvalue weighted by atomic mass is 16.4. The van der Waals surface area contributed by atoms with Crippen LogP contribution < -0.4 is 5.32 Å². The number of nitrogens with zero attached hydrogens (tertiary/aromatic N) is 1. The number of rotatable bonds is 3. The molecule has 0 aliphatic rings. The van der Waals surface area contributed by atoms with Gasteiger partial charge in [0.25, 0.3) is 0 Å². The van der Waals surface area contributed by atoms with E-state index in [1.165, 1.54) is 0 Å². The Hall–Kier alpha value is -1.84. The molecule has 2 N–H and O–H groups in total. The van der Waals surface area contributed by atoms with Gasteiger partial charge in [-0.2, -0.15) is 0 Å². The number of benzene rings is 1. The normalized spacial score (nSPS) is 9.29. The Morgan fingerprint density at radius 1 is 1.36 bits per heavy atom. The van der Waals surface area contributed by atoms with Crippen LogP contribution >= 0.6 is 0 Å². The Morgan fingerprint density at radius 2 is 1.93 bits per heavy atom. The monoisotopic (exact) mass is 193 g/mol. The van der Waals surface area contributed by atoms with Crippen molar-refractivity contribution in [2.75, 3.05) is 19.4 Å². The highest BCUT2D eigenvalue weighted by Crippen LogP contribution is 2.08. The van der Waals surface area contributed by atoms with Crippen molar-refractivity contribution >= 4 is 18.0 Å². The third-order valence-electron chi connectivity index (χ3n) is 1.62. The van der Waals surface area contributed by atoms with Crippen LogP contribution in [-0.2, 0) is 0 Å². The topological polar surface area (TPSA) is 52.3 Å². The zero-order valence-corrected chi connectivity index (χ0v) is 8.19. The van der Waals surface area contributed by atoms with E-state index in [1.807, 2.05) is 18.7 Å². The molecule has 0 aliphatic heterocycles. The van der Waals surface area contributed by atoms with Crippen molar-refractivity contribution in [1.29, 1.82) is 0 Å². The molecule has 0 aromatic heterocycles. The van der Waals surface area contributed by atoms with Gasteiger partial charge < -0.3 is 5.11 Å². The van der Waals surface area contributed by atoms with Crippen molar-refractivity contribution in [1.82, 2.24) is 0 Å². The number of hydrogen-bond acceptors (Lipinski definition) is 1. The van der Waals surface area contributed by atoms with Gasteiger partial charge in [-0.15, -0.1) is 0 Å². The predicted octanol–water partition coefficient (Wildman–Crippen LogP) is 1.10. The average molecular weight is 193 g/mol. The Balaban J connectivity index is 2.74. The van der Waals surface area contributed by atoms with Gasteiger partial charge >= 0.3 is 5.97 Å². The molecular weight excluding hydrogens is 180 g/mol. The van der Waals surface area contributed by atoms with Gasteiger partial charge in [-0.1, -0.05) is 0 Å². The predicted molar refractivity (Wildman–Crippen MR) is 55.2 cm³/mol. The van der Waals surface area contributed by atoms with E-state index in [0.29, 0.717) is 5.56 Å². The third kappa shape index (κ3) is 2.90. The molecule has 0 atom stereocenters. The zero-order valence-electron chi connectivity index (χ0n) is 8.19. The molecule has 0 spiro atoms.